The molecule has 0 radical (unpaired) electrons. The van der Waals surface area contributed by atoms with E-state index in [4.69, 9.17) is 4.74 Å². The molecule has 3 rings (SSSR count). The average Bonchev–Trinajstić information content (AvgIpc) is 2.64. The molecule has 2 heterocycles. The van der Waals surface area contributed by atoms with Crippen LogP contribution in [0.1, 0.15) is 11.4 Å². The Bertz CT molecular complexity index is 628. The van der Waals surface area contributed by atoms with Gasteiger partial charge < -0.3 is 9.84 Å². The normalized spacial score (nSPS) is 17.4. The Labute approximate surface area is 149 Å². The van der Waals surface area contributed by atoms with Crippen LogP contribution in [0, 0.1) is 6.92 Å². The fourth-order valence-corrected chi connectivity index (χ4v) is 2.92. The largest absolute Gasteiger partial charge is 0.491 e. The molecular weight excluding hydrogens is 316 g/mol. The van der Waals surface area contributed by atoms with Crippen LogP contribution in [0.15, 0.2) is 42.7 Å². The number of rotatable bonds is 7. The van der Waals surface area contributed by atoms with Gasteiger partial charge in [-0.15, -0.1) is 0 Å². The van der Waals surface area contributed by atoms with Gasteiger partial charge in [0.05, 0.1) is 11.4 Å². The van der Waals surface area contributed by atoms with E-state index in [1.54, 1.807) is 0 Å². The van der Waals surface area contributed by atoms with Gasteiger partial charge >= 0.3 is 0 Å². The maximum Gasteiger partial charge on any atom is 0.119 e. The summed E-state index contributed by atoms with van der Waals surface area (Å²) in [6, 6.07) is 9.61. The van der Waals surface area contributed by atoms with Crippen LogP contribution in [0.3, 0.4) is 0 Å². The number of nitrogens with zero attached hydrogens (tertiary/aromatic N) is 4. The van der Waals surface area contributed by atoms with Crippen molar-refractivity contribution in [3.05, 3.63) is 54.1 Å². The van der Waals surface area contributed by atoms with Gasteiger partial charge in [0.15, 0.2) is 0 Å². The molecule has 134 valence electrons. The highest BCUT2D eigenvalue weighted by molar-refractivity contribution is 5.20. The van der Waals surface area contributed by atoms with Crippen molar-refractivity contribution in [3.8, 4) is 5.75 Å². The maximum atomic E-state index is 10.2. The Morgan fingerprint density at radius 2 is 1.76 bits per heavy atom. The predicted octanol–water partition coefficient (Wildman–Crippen LogP) is 1.34. The summed E-state index contributed by atoms with van der Waals surface area (Å²) < 4.78 is 5.62. The molecule has 1 atom stereocenters. The third-order valence-electron chi connectivity index (χ3n) is 4.34. The van der Waals surface area contributed by atoms with E-state index in [0.717, 1.165) is 49.9 Å². The van der Waals surface area contributed by atoms with Gasteiger partial charge in [-0.05, 0) is 19.1 Å². The number of aromatic nitrogens is 2. The Morgan fingerprint density at radius 1 is 1.04 bits per heavy atom. The van der Waals surface area contributed by atoms with E-state index in [0.29, 0.717) is 13.2 Å². The van der Waals surface area contributed by atoms with E-state index in [2.05, 4.69) is 19.8 Å². The van der Waals surface area contributed by atoms with Crippen LogP contribution in [-0.4, -0.2) is 70.3 Å². The average molecular weight is 342 g/mol. The fraction of sp³-hybridized carbons (Fsp3) is 0.474. The van der Waals surface area contributed by atoms with Gasteiger partial charge in [-0.1, -0.05) is 18.2 Å². The zero-order valence-electron chi connectivity index (χ0n) is 14.7. The Kier molecular flexibility index (Phi) is 6.33. The Morgan fingerprint density at radius 3 is 2.44 bits per heavy atom. The lowest BCUT2D eigenvalue weighted by Crippen LogP contribution is -2.48. The number of hydrogen-bond acceptors (Lipinski definition) is 6. The Hall–Kier alpha value is -2.02. The van der Waals surface area contributed by atoms with Crippen molar-refractivity contribution in [2.24, 2.45) is 0 Å². The monoisotopic (exact) mass is 342 g/mol. The van der Waals surface area contributed by atoms with Crippen molar-refractivity contribution in [1.29, 1.82) is 0 Å². The standard InChI is InChI=1S/C19H26N4O2/c1-16-11-21-17(12-20-16)13-22-7-9-23(10-8-22)14-18(24)15-25-19-5-3-2-4-6-19/h2-6,11-12,18,24H,7-10,13-15H2,1H3/t18-/m0/s1. The van der Waals surface area contributed by atoms with Gasteiger partial charge in [-0.3, -0.25) is 19.8 Å². The molecule has 25 heavy (non-hydrogen) atoms. The lowest BCUT2D eigenvalue weighted by atomic mass is 10.2. The minimum Gasteiger partial charge on any atom is -0.491 e. The van der Waals surface area contributed by atoms with Gasteiger partial charge in [0.25, 0.3) is 0 Å². The SMILES string of the molecule is Cc1cnc(CN2CCN(C[C@H](O)COc3ccccc3)CC2)cn1. The van der Waals surface area contributed by atoms with Crippen molar-refractivity contribution in [1.82, 2.24) is 19.8 Å². The summed E-state index contributed by atoms with van der Waals surface area (Å²) in [5.41, 5.74) is 1.95. The van der Waals surface area contributed by atoms with Crippen molar-refractivity contribution in [2.75, 3.05) is 39.3 Å². The molecule has 2 aromatic rings. The number of benzene rings is 1. The third kappa shape index (κ3) is 5.77. The summed E-state index contributed by atoms with van der Waals surface area (Å²) in [6.45, 7) is 7.59. The quantitative estimate of drug-likeness (QED) is 0.819. The van der Waals surface area contributed by atoms with Gasteiger partial charge in [0.1, 0.15) is 18.5 Å². The molecule has 1 fully saturated rings. The molecule has 6 heteroatoms. The zero-order chi connectivity index (χ0) is 17.5. The number of ether oxygens (including phenoxy) is 1. The molecule has 1 aliphatic heterocycles. The van der Waals surface area contributed by atoms with Crippen molar-refractivity contribution >= 4 is 0 Å². The van der Waals surface area contributed by atoms with Crippen LogP contribution in [0.5, 0.6) is 5.75 Å². The third-order valence-corrected chi connectivity index (χ3v) is 4.34. The summed E-state index contributed by atoms with van der Waals surface area (Å²) in [7, 11) is 0. The number of aliphatic hydroxyl groups excluding tert-OH is 1. The van der Waals surface area contributed by atoms with E-state index >= 15 is 0 Å². The van der Waals surface area contributed by atoms with E-state index < -0.39 is 6.10 Å². The molecular formula is C19H26N4O2. The molecule has 1 saturated heterocycles. The highest BCUT2D eigenvalue weighted by Crippen LogP contribution is 2.10. The minimum absolute atomic E-state index is 0.323. The molecule has 0 amide bonds. The summed E-state index contributed by atoms with van der Waals surface area (Å²) in [5.74, 6) is 0.797. The van der Waals surface area contributed by atoms with Gasteiger partial charge in [0, 0.05) is 51.7 Å². The second kappa shape index (κ2) is 8.89. The molecule has 1 aromatic carbocycles. The maximum absolute atomic E-state index is 10.2. The second-order valence-electron chi connectivity index (χ2n) is 6.50. The first-order valence-corrected chi connectivity index (χ1v) is 8.77. The van der Waals surface area contributed by atoms with Gasteiger partial charge in [-0.25, -0.2) is 0 Å². The molecule has 1 N–H and O–H groups in total. The topological polar surface area (TPSA) is 61.7 Å². The molecule has 0 saturated carbocycles. The van der Waals surface area contributed by atoms with Crippen molar-refractivity contribution in [2.45, 2.75) is 19.6 Å². The van der Waals surface area contributed by atoms with Crippen LogP contribution in [0.25, 0.3) is 0 Å². The molecule has 0 aliphatic carbocycles. The minimum atomic E-state index is -0.477. The first-order chi connectivity index (χ1) is 12.2. The number of hydrogen-bond donors (Lipinski definition) is 1. The number of β-amino-alcohol motifs (C(OH)–C–C–N with tert-alkyl or cyclic N) is 1. The second-order valence-corrected chi connectivity index (χ2v) is 6.50. The zero-order valence-corrected chi connectivity index (χ0v) is 14.7. The summed E-state index contributed by atoms with van der Waals surface area (Å²) in [4.78, 5) is 13.4. The predicted molar refractivity (Wildman–Crippen MR) is 96.4 cm³/mol. The van der Waals surface area contributed by atoms with E-state index in [9.17, 15) is 5.11 Å². The molecule has 1 aromatic heterocycles. The summed E-state index contributed by atoms with van der Waals surface area (Å²) in [5, 5.41) is 10.2. The number of piperazine rings is 1. The first kappa shape index (κ1) is 17.8. The number of aliphatic hydroxyl groups is 1. The van der Waals surface area contributed by atoms with Crippen LogP contribution >= 0.6 is 0 Å². The first-order valence-electron chi connectivity index (χ1n) is 8.77. The van der Waals surface area contributed by atoms with Crippen LogP contribution < -0.4 is 4.74 Å². The summed E-state index contributed by atoms with van der Waals surface area (Å²) >= 11 is 0. The lowest BCUT2D eigenvalue weighted by Gasteiger charge is -2.35. The van der Waals surface area contributed by atoms with Gasteiger partial charge in [0.2, 0.25) is 0 Å². The van der Waals surface area contributed by atoms with E-state index in [-0.39, 0.29) is 0 Å². The van der Waals surface area contributed by atoms with E-state index in [1.807, 2.05) is 49.6 Å². The van der Waals surface area contributed by atoms with Crippen molar-refractivity contribution < 1.29 is 9.84 Å². The van der Waals surface area contributed by atoms with Crippen LogP contribution in [-0.2, 0) is 6.54 Å². The number of aryl methyl sites for hydroxylation is 1. The fourth-order valence-electron chi connectivity index (χ4n) is 2.92. The smallest absolute Gasteiger partial charge is 0.119 e. The Balaban J connectivity index is 1.36. The highest BCUT2D eigenvalue weighted by Gasteiger charge is 2.20. The molecule has 6 nitrogen and oxygen atoms in total. The van der Waals surface area contributed by atoms with Crippen LogP contribution in [0.2, 0.25) is 0 Å². The lowest BCUT2D eigenvalue weighted by molar-refractivity contribution is 0.0444. The van der Waals surface area contributed by atoms with Crippen LogP contribution in [0.4, 0.5) is 0 Å². The molecule has 0 bridgehead atoms. The highest BCUT2D eigenvalue weighted by atomic mass is 16.5. The van der Waals surface area contributed by atoms with E-state index in [1.165, 1.54) is 0 Å². The van der Waals surface area contributed by atoms with Gasteiger partial charge in [-0.2, -0.15) is 0 Å². The molecule has 1 aliphatic rings. The summed E-state index contributed by atoms with van der Waals surface area (Å²) in [6.07, 6.45) is 3.19. The number of para-hydroxylation sites is 1. The molecule has 0 spiro atoms. The molecule has 0 unspecified atom stereocenters. The van der Waals surface area contributed by atoms with Crippen molar-refractivity contribution in [3.63, 3.8) is 0 Å².